The highest BCUT2D eigenvalue weighted by atomic mass is 16.7. The molecule has 4 atom stereocenters. The minimum Gasteiger partial charge on any atom is -0.464 e. The van der Waals surface area contributed by atoms with E-state index in [4.69, 9.17) is 9.47 Å². The summed E-state index contributed by atoms with van der Waals surface area (Å²) in [6, 6.07) is 0. The highest BCUT2D eigenvalue weighted by Gasteiger charge is 2.61. The maximum Gasteiger partial charge on any atom is 0.341 e. The quantitative estimate of drug-likeness (QED) is 0.437. The smallest absolute Gasteiger partial charge is 0.341 e. The molecule has 2 aliphatic carbocycles. The third-order valence-electron chi connectivity index (χ3n) is 4.84. The van der Waals surface area contributed by atoms with Crippen molar-refractivity contribution in [3.63, 3.8) is 0 Å². The Morgan fingerprint density at radius 3 is 2.89 bits per heavy atom. The molecule has 1 saturated heterocycles. The first kappa shape index (κ1) is 12.2. The fourth-order valence-electron chi connectivity index (χ4n) is 3.70. The summed E-state index contributed by atoms with van der Waals surface area (Å²) >= 11 is 0. The molecule has 3 aliphatic rings. The highest BCUT2D eigenvalue weighted by Crippen LogP contribution is 2.50. The number of ether oxygens (including phenoxy) is 2. The second-order valence-electron chi connectivity index (χ2n) is 5.82. The van der Waals surface area contributed by atoms with Crippen LogP contribution in [0.25, 0.3) is 0 Å². The Hall–Kier alpha value is -0.830. The van der Waals surface area contributed by atoms with Crippen LogP contribution in [0.15, 0.2) is 11.6 Å². The van der Waals surface area contributed by atoms with Crippen molar-refractivity contribution in [2.45, 2.75) is 57.7 Å². The van der Waals surface area contributed by atoms with Gasteiger partial charge in [-0.2, -0.15) is 0 Å². The number of epoxide rings is 1. The summed E-state index contributed by atoms with van der Waals surface area (Å²) in [6.07, 6.45) is 8.21. The van der Waals surface area contributed by atoms with Gasteiger partial charge in [0.25, 0.3) is 0 Å². The van der Waals surface area contributed by atoms with E-state index in [2.05, 4.69) is 6.08 Å². The van der Waals surface area contributed by atoms with Gasteiger partial charge in [-0.15, -0.1) is 0 Å². The van der Waals surface area contributed by atoms with Gasteiger partial charge in [-0.05, 0) is 50.9 Å². The Bertz CT molecular complexity index is 387. The lowest BCUT2D eigenvalue weighted by molar-refractivity contribution is -0.149. The van der Waals surface area contributed by atoms with Gasteiger partial charge in [0.05, 0.1) is 6.61 Å². The Kier molecular flexibility index (Phi) is 2.97. The molecule has 0 amide bonds. The van der Waals surface area contributed by atoms with Crippen LogP contribution in [0, 0.1) is 11.8 Å². The summed E-state index contributed by atoms with van der Waals surface area (Å²) in [7, 11) is 0. The summed E-state index contributed by atoms with van der Waals surface area (Å²) in [5, 5.41) is 0. The SMILES string of the molecule is CCOC(=O)C1(CC)OC1C=C1CC2CCC1C2. The number of esters is 1. The van der Waals surface area contributed by atoms with Gasteiger partial charge in [-0.1, -0.05) is 18.6 Å². The molecular formula is C15H22O3. The second-order valence-corrected chi connectivity index (χ2v) is 5.82. The van der Waals surface area contributed by atoms with Gasteiger partial charge in [-0.3, -0.25) is 0 Å². The van der Waals surface area contributed by atoms with Crippen molar-refractivity contribution in [1.29, 1.82) is 0 Å². The molecule has 0 N–H and O–H groups in total. The summed E-state index contributed by atoms with van der Waals surface area (Å²) < 4.78 is 10.8. The average molecular weight is 250 g/mol. The molecule has 3 heteroatoms. The molecule has 0 spiro atoms. The Balaban J connectivity index is 1.69. The van der Waals surface area contributed by atoms with E-state index in [0.29, 0.717) is 13.0 Å². The molecular weight excluding hydrogens is 228 g/mol. The van der Waals surface area contributed by atoms with Crippen LogP contribution in [-0.4, -0.2) is 24.3 Å². The van der Waals surface area contributed by atoms with Crippen molar-refractivity contribution >= 4 is 5.97 Å². The molecule has 0 aromatic heterocycles. The van der Waals surface area contributed by atoms with Crippen molar-refractivity contribution in [1.82, 2.24) is 0 Å². The second kappa shape index (κ2) is 4.37. The largest absolute Gasteiger partial charge is 0.464 e. The summed E-state index contributed by atoms with van der Waals surface area (Å²) in [6.45, 7) is 4.27. The van der Waals surface area contributed by atoms with Gasteiger partial charge < -0.3 is 9.47 Å². The fraction of sp³-hybridized carbons (Fsp3) is 0.800. The van der Waals surface area contributed by atoms with Crippen molar-refractivity contribution < 1.29 is 14.3 Å². The average Bonchev–Trinajstić information content (AvgIpc) is 2.71. The fourth-order valence-corrected chi connectivity index (χ4v) is 3.70. The number of carbonyl (C=O) groups excluding carboxylic acids is 1. The van der Waals surface area contributed by atoms with Crippen molar-refractivity contribution in [3.8, 4) is 0 Å². The van der Waals surface area contributed by atoms with Crippen LogP contribution in [-0.2, 0) is 14.3 Å². The van der Waals surface area contributed by atoms with Gasteiger partial charge in [0.2, 0.25) is 0 Å². The third-order valence-corrected chi connectivity index (χ3v) is 4.84. The lowest BCUT2D eigenvalue weighted by atomic mass is 9.92. The zero-order valence-electron chi connectivity index (χ0n) is 11.3. The van der Waals surface area contributed by atoms with E-state index in [-0.39, 0.29) is 12.1 Å². The summed E-state index contributed by atoms with van der Waals surface area (Å²) in [5.41, 5.74) is 0.876. The number of fused-ring (bicyclic) bond motifs is 2. The van der Waals surface area contributed by atoms with Crippen LogP contribution in [0.1, 0.15) is 46.0 Å². The highest BCUT2D eigenvalue weighted by molar-refractivity contribution is 5.84. The standard InChI is InChI=1S/C15H22O3/c1-3-15(14(16)17-4-2)13(18-15)9-12-8-10-5-6-11(12)7-10/h9-11,13H,3-8H2,1-2H3. The lowest BCUT2D eigenvalue weighted by Crippen LogP contribution is -2.28. The van der Waals surface area contributed by atoms with Crippen LogP contribution in [0.4, 0.5) is 0 Å². The number of hydrogen-bond donors (Lipinski definition) is 0. The van der Waals surface area contributed by atoms with Crippen LogP contribution < -0.4 is 0 Å². The Labute approximate surface area is 109 Å². The number of allylic oxidation sites excluding steroid dienone is 1. The Morgan fingerprint density at radius 2 is 2.33 bits per heavy atom. The number of hydrogen-bond acceptors (Lipinski definition) is 3. The molecule has 100 valence electrons. The van der Waals surface area contributed by atoms with Crippen molar-refractivity contribution in [2.75, 3.05) is 6.61 Å². The molecule has 3 fully saturated rings. The maximum atomic E-state index is 11.9. The van der Waals surface area contributed by atoms with Crippen LogP contribution in [0.2, 0.25) is 0 Å². The van der Waals surface area contributed by atoms with Gasteiger partial charge in [0, 0.05) is 0 Å². The summed E-state index contributed by atoms with van der Waals surface area (Å²) in [5.74, 6) is 1.49. The molecule has 2 saturated carbocycles. The molecule has 0 aromatic carbocycles. The number of carbonyl (C=O) groups is 1. The molecule has 1 heterocycles. The van der Waals surface area contributed by atoms with Gasteiger partial charge in [0.15, 0.2) is 5.60 Å². The zero-order chi connectivity index (χ0) is 12.8. The first-order valence-corrected chi connectivity index (χ1v) is 7.25. The normalized spacial score (nSPS) is 43.4. The molecule has 0 radical (unpaired) electrons. The number of rotatable bonds is 4. The van der Waals surface area contributed by atoms with Gasteiger partial charge in [-0.25, -0.2) is 4.79 Å². The zero-order valence-corrected chi connectivity index (χ0v) is 11.3. The van der Waals surface area contributed by atoms with Crippen LogP contribution >= 0.6 is 0 Å². The molecule has 1 aliphatic heterocycles. The minimum atomic E-state index is -0.662. The Morgan fingerprint density at radius 1 is 1.50 bits per heavy atom. The van der Waals surface area contributed by atoms with E-state index in [1.54, 1.807) is 0 Å². The molecule has 18 heavy (non-hydrogen) atoms. The van der Waals surface area contributed by atoms with Crippen LogP contribution in [0.5, 0.6) is 0 Å². The van der Waals surface area contributed by atoms with E-state index < -0.39 is 5.60 Å². The minimum absolute atomic E-state index is 0.0316. The first-order chi connectivity index (χ1) is 8.69. The van der Waals surface area contributed by atoms with E-state index in [9.17, 15) is 4.79 Å². The monoisotopic (exact) mass is 250 g/mol. The van der Waals surface area contributed by atoms with E-state index in [1.807, 2.05) is 13.8 Å². The predicted molar refractivity (Wildman–Crippen MR) is 68.1 cm³/mol. The van der Waals surface area contributed by atoms with E-state index in [0.717, 1.165) is 11.8 Å². The molecule has 3 nitrogen and oxygen atoms in total. The lowest BCUT2D eigenvalue weighted by Gasteiger charge is -2.13. The van der Waals surface area contributed by atoms with Crippen molar-refractivity contribution in [2.24, 2.45) is 11.8 Å². The molecule has 3 rings (SSSR count). The third kappa shape index (κ3) is 1.80. The van der Waals surface area contributed by atoms with E-state index in [1.165, 1.54) is 31.3 Å². The van der Waals surface area contributed by atoms with Gasteiger partial charge in [0.1, 0.15) is 6.10 Å². The maximum absolute atomic E-state index is 11.9. The van der Waals surface area contributed by atoms with E-state index >= 15 is 0 Å². The topological polar surface area (TPSA) is 38.8 Å². The predicted octanol–water partition coefficient (Wildman–Crippen LogP) is 2.84. The molecule has 4 unspecified atom stereocenters. The van der Waals surface area contributed by atoms with Crippen LogP contribution in [0.3, 0.4) is 0 Å². The molecule has 2 bridgehead atoms. The first-order valence-electron chi connectivity index (χ1n) is 7.25. The van der Waals surface area contributed by atoms with Crippen molar-refractivity contribution in [3.05, 3.63) is 11.6 Å². The summed E-state index contributed by atoms with van der Waals surface area (Å²) in [4.78, 5) is 11.9. The van der Waals surface area contributed by atoms with Gasteiger partial charge >= 0.3 is 5.97 Å². The molecule has 0 aromatic rings.